The van der Waals surface area contributed by atoms with Gasteiger partial charge in [0.2, 0.25) is 0 Å². The lowest BCUT2D eigenvalue weighted by Crippen LogP contribution is -2.30. The second-order valence-corrected chi connectivity index (χ2v) is 4.19. The van der Waals surface area contributed by atoms with Gasteiger partial charge in [0.15, 0.2) is 0 Å². The minimum absolute atomic E-state index is 0.0317. The number of halogens is 5. The largest absolute Gasteiger partial charge is 0.471 e. The zero-order chi connectivity index (χ0) is 12.5. The number of carbonyl (C=O) groups excluding carboxylic acids is 1. The van der Waals surface area contributed by atoms with E-state index < -0.39 is 12.1 Å². The molecule has 0 unspecified atom stereocenters. The molecular weight excluding hydrogens is 310 g/mol. The predicted octanol–water partition coefficient (Wildman–Crippen LogP) is 3.91. The first-order valence-corrected chi connectivity index (χ1v) is 5.23. The van der Waals surface area contributed by atoms with E-state index in [2.05, 4.69) is 15.9 Å². The lowest BCUT2D eigenvalue weighted by Gasteiger charge is -2.11. The number of nitrogens with one attached hydrogen (secondary N) is 1. The van der Waals surface area contributed by atoms with Crippen LogP contribution >= 0.6 is 27.5 Å². The SMILES string of the molecule is Cc1c(Cl)ccc(NC(=O)C(F)(F)F)c1Br. The van der Waals surface area contributed by atoms with Gasteiger partial charge >= 0.3 is 12.1 Å². The quantitative estimate of drug-likeness (QED) is 0.836. The van der Waals surface area contributed by atoms with Crippen molar-refractivity contribution in [2.75, 3.05) is 5.32 Å². The molecule has 0 saturated carbocycles. The highest BCUT2D eigenvalue weighted by Crippen LogP contribution is 2.32. The molecule has 0 atom stereocenters. The third-order valence-corrected chi connectivity index (χ3v) is 3.26. The van der Waals surface area contributed by atoms with Crippen LogP contribution in [0.2, 0.25) is 5.02 Å². The van der Waals surface area contributed by atoms with Gasteiger partial charge in [0.1, 0.15) is 0 Å². The summed E-state index contributed by atoms with van der Waals surface area (Å²) < 4.78 is 36.3. The monoisotopic (exact) mass is 315 g/mol. The molecule has 0 aliphatic carbocycles. The Hall–Kier alpha value is -0.750. The number of anilines is 1. The van der Waals surface area contributed by atoms with E-state index in [0.717, 1.165) is 0 Å². The molecular formula is C9H6BrClF3NO. The van der Waals surface area contributed by atoms with E-state index >= 15 is 0 Å². The summed E-state index contributed by atoms with van der Waals surface area (Å²) in [6.45, 7) is 1.62. The van der Waals surface area contributed by atoms with Crippen LogP contribution in [-0.2, 0) is 4.79 Å². The van der Waals surface area contributed by atoms with Crippen LogP contribution in [-0.4, -0.2) is 12.1 Å². The Balaban J connectivity index is 3.00. The fraction of sp³-hybridized carbons (Fsp3) is 0.222. The van der Waals surface area contributed by atoms with Gasteiger partial charge in [-0.1, -0.05) is 11.6 Å². The molecule has 1 amide bonds. The van der Waals surface area contributed by atoms with Gasteiger partial charge < -0.3 is 5.32 Å². The molecule has 0 heterocycles. The van der Waals surface area contributed by atoms with E-state index in [1.165, 1.54) is 12.1 Å². The number of rotatable bonds is 1. The Morgan fingerprint density at radius 1 is 1.44 bits per heavy atom. The van der Waals surface area contributed by atoms with Crippen molar-refractivity contribution in [3.8, 4) is 0 Å². The molecule has 1 aromatic rings. The Morgan fingerprint density at radius 2 is 2.00 bits per heavy atom. The van der Waals surface area contributed by atoms with Gasteiger partial charge in [0.25, 0.3) is 0 Å². The summed E-state index contributed by atoms with van der Waals surface area (Å²) in [5.41, 5.74) is 0.589. The van der Waals surface area contributed by atoms with Crippen LogP contribution in [0.4, 0.5) is 18.9 Å². The third kappa shape index (κ3) is 2.89. The number of hydrogen-bond acceptors (Lipinski definition) is 1. The smallest absolute Gasteiger partial charge is 0.317 e. The van der Waals surface area contributed by atoms with Crippen molar-refractivity contribution in [1.29, 1.82) is 0 Å². The lowest BCUT2D eigenvalue weighted by atomic mass is 10.2. The molecule has 0 aromatic heterocycles. The van der Waals surface area contributed by atoms with Crippen LogP contribution < -0.4 is 5.32 Å². The summed E-state index contributed by atoms with van der Waals surface area (Å²) in [6, 6.07) is 2.71. The van der Waals surface area contributed by atoms with E-state index in [9.17, 15) is 18.0 Å². The molecule has 0 fully saturated rings. The first-order valence-electron chi connectivity index (χ1n) is 4.06. The lowest BCUT2D eigenvalue weighted by molar-refractivity contribution is -0.167. The van der Waals surface area contributed by atoms with Crippen molar-refractivity contribution in [1.82, 2.24) is 0 Å². The van der Waals surface area contributed by atoms with Gasteiger partial charge in [-0.3, -0.25) is 4.79 Å². The van der Waals surface area contributed by atoms with E-state index in [-0.39, 0.29) is 5.69 Å². The normalized spacial score (nSPS) is 11.4. The summed E-state index contributed by atoms with van der Waals surface area (Å²) in [7, 11) is 0. The van der Waals surface area contributed by atoms with Gasteiger partial charge in [-0.25, -0.2) is 0 Å². The van der Waals surface area contributed by atoms with Crippen LogP contribution in [0.3, 0.4) is 0 Å². The van der Waals surface area contributed by atoms with Gasteiger partial charge in [-0.15, -0.1) is 0 Å². The number of benzene rings is 1. The minimum atomic E-state index is -4.91. The predicted molar refractivity (Wildman–Crippen MR) is 58.6 cm³/mol. The molecule has 0 saturated heterocycles. The van der Waals surface area contributed by atoms with Crippen LogP contribution in [0.15, 0.2) is 16.6 Å². The second kappa shape index (κ2) is 4.63. The molecule has 1 aromatic carbocycles. The molecule has 0 bridgehead atoms. The van der Waals surface area contributed by atoms with Crippen molar-refractivity contribution in [3.63, 3.8) is 0 Å². The van der Waals surface area contributed by atoms with Crippen molar-refractivity contribution >= 4 is 39.1 Å². The molecule has 1 N–H and O–H groups in total. The number of carbonyl (C=O) groups is 1. The van der Waals surface area contributed by atoms with E-state index in [0.29, 0.717) is 15.1 Å². The average Bonchev–Trinajstić information content (AvgIpc) is 2.17. The fourth-order valence-corrected chi connectivity index (χ4v) is 1.67. The number of alkyl halides is 3. The molecule has 2 nitrogen and oxygen atoms in total. The molecule has 7 heteroatoms. The summed E-state index contributed by atoms with van der Waals surface area (Å²) >= 11 is 8.81. The second-order valence-electron chi connectivity index (χ2n) is 2.99. The Bertz CT molecular complexity index is 433. The highest BCUT2D eigenvalue weighted by molar-refractivity contribution is 9.10. The maximum atomic E-state index is 12.0. The van der Waals surface area contributed by atoms with Crippen LogP contribution in [0.25, 0.3) is 0 Å². The van der Waals surface area contributed by atoms with Gasteiger partial charge in [0, 0.05) is 9.50 Å². The van der Waals surface area contributed by atoms with E-state index in [4.69, 9.17) is 11.6 Å². The van der Waals surface area contributed by atoms with Crippen molar-refractivity contribution in [3.05, 3.63) is 27.2 Å². The molecule has 1 rings (SSSR count). The van der Waals surface area contributed by atoms with Crippen molar-refractivity contribution < 1.29 is 18.0 Å². The topological polar surface area (TPSA) is 29.1 Å². The number of amides is 1. The van der Waals surface area contributed by atoms with E-state index in [1.54, 1.807) is 12.2 Å². The maximum absolute atomic E-state index is 12.0. The zero-order valence-corrected chi connectivity index (χ0v) is 10.3. The minimum Gasteiger partial charge on any atom is -0.317 e. The van der Waals surface area contributed by atoms with Crippen molar-refractivity contribution in [2.24, 2.45) is 0 Å². The Labute approximate surface area is 103 Å². The third-order valence-electron chi connectivity index (χ3n) is 1.83. The molecule has 16 heavy (non-hydrogen) atoms. The molecule has 0 radical (unpaired) electrons. The Morgan fingerprint density at radius 3 is 2.50 bits per heavy atom. The highest BCUT2D eigenvalue weighted by atomic mass is 79.9. The number of hydrogen-bond donors (Lipinski definition) is 1. The van der Waals surface area contributed by atoms with Gasteiger partial charge in [-0.05, 0) is 40.5 Å². The summed E-state index contributed by atoms with van der Waals surface area (Å²) in [6.07, 6.45) is -4.91. The van der Waals surface area contributed by atoms with Crippen LogP contribution in [0.1, 0.15) is 5.56 Å². The fourth-order valence-electron chi connectivity index (χ4n) is 0.951. The Kier molecular flexibility index (Phi) is 3.85. The molecule has 0 spiro atoms. The van der Waals surface area contributed by atoms with Crippen molar-refractivity contribution in [2.45, 2.75) is 13.1 Å². The van der Waals surface area contributed by atoms with E-state index in [1.807, 2.05) is 0 Å². The first-order chi connectivity index (χ1) is 7.23. The molecule has 88 valence electrons. The highest BCUT2D eigenvalue weighted by Gasteiger charge is 2.38. The first kappa shape index (κ1) is 13.3. The van der Waals surface area contributed by atoms with Gasteiger partial charge in [0.05, 0.1) is 5.69 Å². The summed E-state index contributed by atoms with van der Waals surface area (Å²) in [5.74, 6) is -2.02. The summed E-state index contributed by atoms with van der Waals surface area (Å²) in [5, 5.41) is 2.15. The van der Waals surface area contributed by atoms with Crippen LogP contribution in [0.5, 0.6) is 0 Å². The average molecular weight is 317 g/mol. The zero-order valence-electron chi connectivity index (χ0n) is 7.95. The van der Waals surface area contributed by atoms with Gasteiger partial charge in [-0.2, -0.15) is 13.2 Å². The van der Waals surface area contributed by atoms with Crippen LogP contribution in [0, 0.1) is 6.92 Å². The standard InChI is InChI=1S/C9H6BrClF3NO/c1-4-5(11)2-3-6(7(4)10)15-8(16)9(12,13)14/h2-3H,1H3,(H,15,16). The molecule has 0 aliphatic heterocycles. The maximum Gasteiger partial charge on any atom is 0.471 e. The molecule has 0 aliphatic rings. The summed E-state index contributed by atoms with van der Waals surface area (Å²) in [4.78, 5) is 10.7.